The summed E-state index contributed by atoms with van der Waals surface area (Å²) >= 11 is 0. The third-order valence-corrected chi connectivity index (χ3v) is 7.35. The van der Waals surface area contributed by atoms with Crippen LogP contribution in [0.15, 0.2) is 42.9 Å². The van der Waals surface area contributed by atoms with Gasteiger partial charge in [-0.15, -0.1) is 0 Å². The lowest BCUT2D eigenvalue weighted by Gasteiger charge is -2.51. The number of benzene rings is 1. The summed E-state index contributed by atoms with van der Waals surface area (Å²) in [6.45, 7) is 7.90. The Kier molecular flexibility index (Phi) is 6.97. The van der Waals surface area contributed by atoms with Crippen LogP contribution in [0.25, 0.3) is 0 Å². The molecule has 0 amide bonds. The lowest BCUT2D eigenvalue weighted by Crippen LogP contribution is -2.63. The van der Waals surface area contributed by atoms with Gasteiger partial charge in [0.1, 0.15) is 12.1 Å². The van der Waals surface area contributed by atoms with Gasteiger partial charge in [-0.2, -0.15) is 0 Å². The molecular formula is C25H36N6O. The molecule has 0 bridgehead atoms. The van der Waals surface area contributed by atoms with E-state index < -0.39 is 0 Å². The third-order valence-electron chi connectivity index (χ3n) is 7.35. The molecule has 3 aliphatic rings. The highest BCUT2D eigenvalue weighted by Gasteiger charge is 2.41. The first kappa shape index (κ1) is 21.8. The van der Waals surface area contributed by atoms with Gasteiger partial charge in [0.2, 0.25) is 0 Å². The molecule has 3 fully saturated rings. The fourth-order valence-corrected chi connectivity index (χ4v) is 5.58. The molecule has 1 aromatic heterocycles. The quantitative estimate of drug-likeness (QED) is 0.661. The van der Waals surface area contributed by atoms with Crippen LogP contribution in [0.5, 0.6) is 5.75 Å². The van der Waals surface area contributed by atoms with Gasteiger partial charge in [-0.3, -0.25) is 9.80 Å². The Morgan fingerprint density at radius 2 is 1.66 bits per heavy atom. The van der Waals surface area contributed by atoms with Crippen molar-refractivity contribution in [2.45, 2.75) is 44.3 Å². The highest BCUT2D eigenvalue weighted by atomic mass is 16.5. The van der Waals surface area contributed by atoms with Crippen molar-refractivity contribution >= 4 is 0 Å². The van der Waals surface area contributed by atoms with Crippen LogP contribution in [0.3, 0.4) is 0 Å². The molecular weight excluding hydrogens is 400 g/mol. The molecule has 4 heterocycles. The van der Waals surface area contributed by atoms with Gasteiger partial charge in [-0.05, 0) is 69.0 Å². The van der Waals surface area contributed by atoms with E-state index >= 15 is 0 Å². The molecule has 0 aliphatic carbocycles. The van der Waals surface area contributed by atoms with Crippen molar-refractivity contribution in [2.24, 2.45) is 0 Å². The van der Waals surface area contributed by atoms with Gasteiger partial charge >= 0.3 is 0 Å². The van der Waals surface area contributed by atoms with E-state index in [4.69, 9.17) is 9.72 Å². The number of rotatable bonds is 7. The Morgan fingerprint density at radius 3 is 2.34 bits per heavy atom. The summed E-state index contributed by atoms with van der Waals surface area (Å²) in [6, 6.07) is 10.9. The SMILES string of the molecule is COc1ccc(CCN2C(c3ccncn3)CN(N3CCCC3)CC2N2CCCC2)cc1. The summed E-state index contributed by atoms with van der Waals surface area (Å²) in [7, 11) is 1.72. The highest BCUT2D eigenvalue weighted by molar-refractivity contribution is 5.27. The number of hydrogen-bond donors (Lipinski definition) is 0. The van der Waals surface area contributed by atoms with Gasteiger partial charge in [-0.1, -0.05) is 12.1 Å². The lowest BCUT2D eigenvalue weighted by molar-refractivity contribution is -0.125. The molecule has 2 aromatic rings. The Hall–Kier alpha value is -2.06. The second kappa shape index (κ2) is 10.3. The van der Waals surface area contributed by atoms with Crippen LogP contribution in [-0.4, -0.2) is 88.9 Å². The molecule has 0 radical (unpaired) electrons. The van der Waals surface area contributed by atoms with E-state index in [2.05, 4.69) is 55.1 Å². The van der Waals surface area contributed by atoms with Crippen LogP contribution in [-0.2, 0) is 6.42 Å². The van der Waals surface area contributed by atoms with E-state index in [0.717, 1.165) is 37.5 Å². The molecule has 2 unspecified atom stereocenters. The maximum Gasteiger partial charge on any atom is 0.118 e. The Bertz CT molecular complexity index is 835. The zero-order chi connectivity index (χ0) is 21.8. The average Bonchev–Trinajstić information content (AvgIpc) is 3.58. The number of ether oxygens (including phenoxy) is 1. The summed E-state index contributed by atoms with van der Waals surface area (Å²) in [5.41, 5.74) is 2.50. The first-order valence-corrected chi connectivity index (χ1v) is 12.2. The minimum atomic E-state index is 0.274. The van der Waals surface area contributed by atoms with E-state index in [1.807, 2.05) is 6.20 Å². The van der Waals surface area contributed by atoms with Gasteiger partial charge in [0.15, 0.2) is 0 Å². The maximum atomic E-state index is 5.34. The van der Waals surface area contributed by atoms with E-state index in [-0.39, 0.29) is 6.04 Å². The van der Waals surface area contributed by atoms with Crippen molar-refractivity contribution in [2.75, 3.05) is 52.9 Å². The molecule has 7 heteroatoms. The van der Waals surface area contributed by atoms with Gasteiger partial charge < -0.3 is 4.74 Å². The number of nitrogens with zero attached hydrogens (tertiary/aromatic N) is 6. The van der Waals surface area contributed by atoms with Crippen LogP contribution in [0.4, 0.5) is 0 Å². The third kappa shape index (κ3) is 4.81. The molecule has 2 atom stereocenters. The fraction of sp³-hybridized carbons (Fsp3) is 0.600. The van der Waals surface area contributed by atoms with Gasteiger partial charge in [0.25, 0.3) is 0 Å². The van der Waals surface area contributed by atoms with Crippen molar-refractivity contribution in [3.8, 4) is 5.75 Å². The predicted molar refractivity (Wildman–Crippen MR) is 125 cm³/mol. The summed E-state index contributed by atoms with van der Waals surface area (Å²) < 4.78 is 5.34. The number of likely N-dealkylation sites (tertiary alicyclic amines) is 1. The van der Waals surface area contributed by atoms with Crippen molar-refractivity contribution in [3.63, 3.8) is 0 Å². The molecule has 0 saturated carbocycles. The molecule has 1 aromatic carbocycles. The molecule has 0 spiro atoms. The number of methoxy groups -OCH3 is 1. The first-order valence-electron chi connectivity index (χ1n) is 12.2. The number of hydrogen-bond acceptors (Lipinski definition) is 7. The smallest absolute Gasteiger partial charge is 0.118 e. The van der Waals surface area contributed by atoms with Crippen LogP contribution in [0.1, 0.15) is 43.0 Å². The first-order chi connectivity index (χ1) is 15.8. The van der Waals surface area contributed by atoms with Crippen molar-refractivity contribution < 1.29 is 4.74 Å². The highest BCUT2D eigenvalue weighted by Crippen LogP contribution is 2.32. The van der Waals surface area contributed by atoms with Gasteiger partial charge in [0.05, 0.1) is 25.0 Å². The molecule has 3 saturated heterocycles. The van der Waals surface area contributed by atoms with Crippen LogP contribution >= 0.6 is 0 Å². The number of hydrazine groups is 1. The minimum absolute atomic E-state index is 0.274. The number of aromatic nitrogens is 2. The standard InChI is InChI=1S/C25H36N6O/c1-32-22-8-6-21(7-9-22)11-17-31-24(23-10-12-26-20-27-23)18-30(29-15-4-5-16-29)19-25(31)28-13-2-3-14-28/h6-10,12,20,24-25H,2-5,11,13-19H2,1H3. The van der Waals surface area contributed by atoms with E-state index in [1.165, 1.54) is 57.4 Å². The average molecular weight is 437 g/mol. The molecule has 5 rings (SSSR count). The maximum absolute atomic E-state index is 5.34. The Labute approximate surface area is 192 Å². The van der Waals surface area contributed by atoms with Crippen molar-refractivity contribution in [1.82, 2.24) is 29.8 Å². The zero-order valence-electron chi connectivity index (χ0n) is 19.3. The summed E-state index contributed by atoms with van der Waals surface area (Å²) in [5.74, 6) is 0.918. The summed E-state index contributed by atoms with van der Waals surface area (Å²) in [6.07, 6.45) is 10.3. The van der Waals surface area contributed by atoms with E-state index in [0.29, 0.717) is 6.17 Å². The predicted octanol–water partition coefficient (Wildman–Crippen LogP) is 2.82. The van der Waals surface area contributed by atoms with Crippen molar-refractivity contribution in [3.05, 3.63) is 54.1 Å². The molecule has 32 heavy (non-hydrogen) atoms. The van der Waals surface area contributed by atoms with Crippen molar-refractivity contribution in [1.29, 1.82) is 0 Å². The van der Waals surface area contributed by atoms with E-state index in [9.17, 15) is 0 Å². The topological polar surface area (TPSA) is 48.0 Å². The number of piperazine rings is 1. The second-order valence-electron chi connectivity index (χ2n) is 9.24. The lowest BCUT2D eigenvalue weighted by atomic mass is 10.0. The van der Waals surface area contributed by atoms with Gasteiger partial charge in [0, 0.05) is 38.9 Å². The Morgan fingerprint density at radius 1 is 0.906 bits per heavy atom. The minimum Gasteiger partial charge on any atom is -0.497 e. The molecule has 0 N–H and O–H groups in total. The second-order valence-corrected chi connectivity index (χ2v) is 9.24. The van der Waals surface area contributed by atoms with Crippen LogP contribution in [0.2, 0.25) is 0 Å². The van der Waals surface area contributed by atoms with Crippen LogP contribution in [0, 0.1) is 0 Å². The summed E-state index contributed by atoms with van der Waals surface area (Å²) in [4.78, 5) is 14.4. The zero-order valence-corrected chi connectivity index (χ0v) is 19.3. The van der Waals surface area contributed by atoms with Crippen LogP contribution < -0.4 is 4.74 Å². The molecule has 172 valence electrons. The van der Waals surface area contributed by atoms with Gasteiger partial charge in [-0.25, -0.2) is 20.0 Å². The Balaban J connectivity index is 1.41. The molecule has 7 nitrogen and oxygen atoms in total. The fourth-order valence-electron chi connectivity index (χ4n) is 5.58. The largest absolute Gasteiger partial charge is 0.497 e. The monoisotopic (exact) mass is 436 g/mol. The summed E-state index contributed by atoms with van der Waals surface area (Å²) in [5, 5.41) is 5.23. The normalized spacial score (nSPS) is 26.0. The molecule has 3 aliphatic heterocycles. The van der Waals surface area contributed by atoms with E-state index in [1.54, 1.807) is 13.4 Å².